The van der Waals surface area contributed by atoms with Gasteiger partial charge in [-0.2, -0.15) is 0 Å². The highest BCUT2D eigenvalue weighted by atomic mass is 16.6. The van der Waals surface area contributed by atoms with Gasteiger partial charge in [-0.3, -0.25) is 9.59 Å². The summed E-state index contributed by atoms with van der Waals surface area (Å²) in [5, 5.41) is 0. The minimum Gasteiger partial charge on any atom is -0.393 e. The lowest BCUT2D eigenvalue weighted by molar-refractivity contribution is -0.153. The van der Waals surface area contributed by atoms with Crippen LogP contribution in [0.1, 0.15) is 37.3 Å². The molecule has 96 valence electrons. The molecule has 3 nitrogen and oxygen atoms in total. The second kappa shape index (κ2) is 4.92. The molecule has 1 aromatic carbocycles. The van der Waals surface area contributed by atoms with Gasteiger partial charge in [-0.25, -0.2) is 0 Å². The van der Waals surface area contributed by atoms with E-state index in [1.54, 1.807) is 6.92 Å². The number of hydrogen-bond acceptors (Lipinski definition) is 3. The standard InChI is InChI=1S/C15H18O3/c1-4-12(11-7-5-9(2)6-8-11)13-10(3)14(16)18-15(13)17/h5-8,10,12-13H,4H2,1-3H3. The van der Waals surface area contributed by atoms with Crippen molar-refractivity contribution in [1.29, 1.82) is 0 Å². The van der Waals surface area contributed by atoms with E-state index in [0.717, 1.165) is 12.0 Å². The topological polar surface area (TPSA) is 43.4 Å². The summed E-state index contributed by atoms with van der Waals surface area (Å²) in [6.45, 7) is 5.84. The molecule has 0 saturated carbocycles. The van der Waals surface area contributed by atoms with Gasteiger partial charge in [0.2, 0.25) is 0 Å². The molecule has 0 spiro atoms. The van der Waals surface area contributed by atoms with E-state index in [1.165, 1.54) is 5.56 Å². The summed E-state index contributed by atoms with van der Waals surface area (Å²) >= 11 is 0. The fourth-order valence-electron chi connectivity index (χ4n) is 2.63. The predicted octanol–water partition coefficient (Wildman–Crippen LogP) is 2.82. The Kier molecular flexibility index (Phi) is 3.50. The summed E-state index contributed by atoms with van der Waals surface area (Å²) in [5.41, 5.74) is 2.29. The molecule has 0 amide bonds. The molecule has 2 rings (SSSR count). The monoisotopic (exact) mass is 246 g/mol. The van der Waals surface area contributed by atoms with Crippen LogP contribution in [0.15, 0.2) is 24.3 Å². The fraction of sp³-hybridized carbons (Fsp3) is 0.467. The Morgan fingerprint density at radius 1 is 1.17 bits per heavy atom. The average molecular weight is 246 g/mol. The fourth-order valence-corrected chi connectivity index (χ4v) is 2.63. The summed E-state index contributed by atoms with van der Waals surface area (Å²) in [6, 6.07) is 8.13. The van der Waals surface area contributed by atoms with Gasteiger partial charge >= 0.3 is 11.9 Å². The zero-order valence-corrected chi connectivity index (χ0v) is 11.0. The molecule has 3 unspecified atom stereocenters. The van der Waals surface area contributed by atoms with Crippen LogP contribution in [-0.4, -0.2) is 11.9 Å². The Bertz CT molecular complexity index is 461. The lowest BCUT2D eigenvalue weighted by atomic mass is 9.78. The van der Waals surface area contributed by atoms with Crippen molar-refractivity contribution in [2.75, 3.05) is 0 Å². The van der Waals surface area contributed by atoms with Gasteiger partial charge in [-0.1, -0.05) is 43.7 Å². The number of carbonyl (C=O) groups is 2. The average Bonchev–Trinajstić information content (AvgIpc) is 2.59. The second-order valence-electron chi connectivity index (χ2n) is 4.98. The Hall–Kier alpha value is -1.64. The van der Waals surface area contributed by atoms with Gasteiger partial charge in [-0.15, -0.1) is 0 Å². The first-order valence-corrected chi connectivity index (χ1v) is 6.36. The van der Waals surface area contributed by atoms with Crippen molar-refractivity contribution in [3.05, 3.63) is 35.4 Å². The first kappa shape index (κ1) is 12.8. The highest BCUT2D eigenvalue weighted by Gasteiger charge is 2.45. The summed E-state index contributed by atoms with van der Waals surface area (Å²) < 4.78 is 4.74. The smallest absolute Gasteiger partial charge is 0.318 e. The van der Waals surface area contributed by atoms with Gasteiger partial charge in [0.1, 0.15) is 0 Å². The van der Waals surface area contributed by atoms with Crippen molar-refractivity contribution in [1.82, 2.24) is 0 Å². The number of hydrogen-bond donors (Lipinski definition) is 0. The number of ether oxygens (including phenoxy) is 1. The van der Waals surface area contributed by atoms with Crippen LogP contribution in [0.5, 0.6) is 0 Å². The van der Waals surface area contributed by atoms with E-state index in [2.05, 4.69) is 0 Å². The van der Waals surface area contributed by atoms with Crippen molar-refractivity contribution >= 4 is 11.9 Å². The van der Waals surface area contributed by atoms with E-state index in [9.17, 15) is 9.59 Å². The molecule has 18 heavy (non-hydrogen) atoms. The first-order valence-electron chi connectivity index (χ1n) is 6.36. The molecule has 1 aliphatic rings. The van der Waals surface area contributed by atoms with Crippen molar-refractivity contribution in [3.8, 4) is 0 Å². The number of esters is 2. The molecule has 3 heteroatoms. The lowest BCUT2D eigenvalue weighted by Gasteiger charge is -2.21. The molecule has 1 saturated heterocycles. The molecule has 3 atom stereocenters. The third-order valence-corrected chi connectivity index (χ3v) is 3.76. The van der Waals surface area contributed by atoms with Crippen LogP contribution in [0.2, 0.25) is 0 Å². The van der Waals surface area contributed by atoms with Crippen molar-refractivity contribution < 1.29 is 14.3 Å². The van der Waals surface area contributed by atoms with Crippen molar-refractivity contribution in [2.45, 2.75) is 33.1 Å². The highest BCUT2D eigenvalue weighted by molar-refractivity contribution is 5.96. The van der Waals surface area contributed by atoms with Gasteiger partial charge in [0.15, 0.2) is 0 Å². The van der Waals surface area contributed by atoms with Crippen LogP contribution in [-0.2, 0) is 14.3 Å². The Labute approximate surface area is 107 Å². The number of benzene rings is 1. The zero-order chi connectivity index (χ0) is 13.3. The minimum absolute atomic E-state index is 0.0551. The third kappa shape index (κ3) is 2.17. The molecule has 0 N–H and O–H groups in total. The van der Waals surface area contributed by atoms with E-state index < -0.39 is 5.97 Å². The molecule has 1 aromatic rings. The maximum Gasteiger partial charge on any atom is 0.318 e. The van der Waals surface area contributed by atoms with Crippen LogP contribution in [0.4, 0.5) is 0 Å². The summed E-state index contributed by atoms with van der Waals surface area (Å²) in [4.78, 5) is 23.3. The summed E-state index contributed by atoms with van der Waals surface area (Å²) in [6.07, 6.45) is 0.820. The van der Waals surface area contributed by atoms with Crippen molar-refractivity contribution in [2.24, 2.45) is 11.8 Å². The zero-order valence-electron chi connectivity index (χ0n) is 11.0. The largest absolute Gasteiger partial charge is 0.393 e. The van der Waals surface area contributed by atoms with Gasteiger partial charge in [0.25, 0.3) is 0 Å². The van der Waals surface area contributed by atoms with E-state index >= 15 is 0 Å². The summed E-state index contributed by atoms with van der Waals surface area (Å²) in [5.74, 6) is -1.40. The predicted molar refractivity (Wildman–Crippen MR) is 68.0 cm³/mol. The van der Waals surface area contributed by atoms with E-state index in [-0.39, 0.29) is 23.7 Å². The molecule has 0 bridgehead atoms. The number of aryl methyl sites for hydroxylation is 1. The SMILES string of the molecule is CCC(c1ccc(C)cc1)C1C(=O)OC(=O)C1C. The Morgan fingerprint density at radius 3 is 2.22 bits per heavy atom. The highest BCUT2D eigenvalue weighted by Crippen LogP contribution is 2.38. The Balaban J connectivity index is 2.31. The van der Waals surface area contributed by atoms with E-state index in [0.29, 0.717) is 0 Å². The molecule has 0 radical (unpaired) electrons. The molecule has 1 fully saturated rings. The number of carbonyl (C=O) groups excluding carboxylic acids is 2. The van der Waals surface area contributed by atoms with Crippen LogP contribution in [0, 0.1) is 18.8 Å². The second-order valence-corrected chi connectivity index (χ2v) is 4.98. The Morgan fingerprint density at radius 2 is 1.78 bits per heavy atom. The molecule has 0 aromatic heterocycles. The normalized spacial score (nSPS) is 25.1. The van der Waals surface area contributed by atoms with E-state index in [1.807, 2.05) is 38.1 Å². The van der Waals surface area contributed by atoms with Crippen LogP contribution >= 0.6 is 0 Å². The van der Waals surface area contributed by atoms with Gasteiger partial charge in [-0.05, 0) is 24.8 Å². The maximum atomic E-state index is 11.8. The first-order chi connectivity index (χ1) is 8.54. The minimum atomic E-state index is -0.393. The molecule has 1 aliphatic heterocycles. The molecular formula is C15H18O3. The number of rotatable bonds is 3. The van der Waals surface area contributed by atoms with Crippen molar-refractivity contribution in [3.63, 3.8) is 0 Å². The summed E-state index contributed by atoms with van der Waals surface area (Å²) in [7, 11) is 0. The van der Waals surface area contributed by atoms with Gasteiger partial charge < -0.3 is 4.74 Å². The van der Waals surface area contributed by atoms with E-state index in [4.69, 9.17) is 4.74 Å². The van der Waals surface area contributed by atoms with Gasteiger partial charge in [0, 0.05) is 0 Å². The van der Waals surface area contributed by atoms with Crippen LogP contribution in [0.25, 0.3) is 0 Å². The quantitative estimate of drug-likeness (QED) is 0.608. The van der Waals surface area contributed by atoms with Crippen LogP contribution in [0.3, 0.4) is 0 Å². The molecule has 1 heterocycles. The van der Waals surface area contributed by atoms with Crippen LogP contribution < -0.4 is 0 Å². The maximum absolute atomic E-state index is 11.8. The molecule has 0 aliphatic carbocycles. The molecular weight excluding hydrogens is 228 g/mol. The van der Waals surface area contributed by atoms with Gasteiger partial charge in [0.05, 0.1) is 11.8 Å². The number of cyclic esters (lactones) is 2. The third-order valence-electron chi connectivity index (χ3n) is 3.76. The lowest BCUT2D eigenvalue weighted by Crippen LogP contribution is -2.23.